The molecule has 0 heterocycles. The topological polar surface area (TPSA) is 3.24 Å². The zero-order valence-corrected chi connectivity index (χ0v) is 10.4. The van der Waals surface area contributed by atoms with Crippen molar-refractivity contribution >= 4 is 0 Å². The van der Waals surface area contributed by atoms with Gasteiger partial charge in [0.05, 0.1) is 0 Å². The Morgan fingerprint density at radius 1 is 1.15 bits per heavy atom. The first-order chi connectivity index (χ1) is 5.94. The Morgan fingerprint density at radius 2 is 1.69 bits per heavy atom. The Bertz CT molecular complexity index is 127. The van der Waals surface area contributed by atoms with Crippen molar-refractivity contribution in [1.82, 2.24) is 4.90 Å². The van der Waals surface area contributed by atoms with E-state index in [0.717, 1.165) is 5.92 Å². The summed E-state index contributed by atoms with van der Waals surface area (Å²) < 4.78 is 0. The highest BCUT2D eigenvalue weighted by Gasteiger charge is 2.25. The van der Waals surface area contributed by atoms with Crippen LogP contribution in [0.15, 0.2) is 0 Å². The van der Waals surface area contributed by atoms with Crippen LogP contribution in [-0.2, 0) is 0 Å². The van der Waals surface area contributed by atoms with Crippen molar-refractivity contribution in [2.24, 2.45) is 5.92 Å². The van der Waals surface area contributed by atoms with Crippen LogP contribution in [0, 0.1) is 5.92 Å². The molecule has 0 rings (SSSR count). The maximum Gasteiger partial charge on any atom is 0.0155 e. The van der Waals surface area contributed by atoms with E-state index in [2.05, 4.69) is 46.4 Å². The first-order valence-corrected chi connectivity index (χ1v) is 5.69. The summed E-state index contributed by atoms with van der Waals surface area (Å²) in [6.45, 7) is 16.3. The van der Waals surface area contributed by atoms with Crippen molar-refractivity contribution in [2.45, 2.75) is 59.9 Å². The van der Waals surface area contributed by atoms with E-state index in [0.29, 0.717) is 5.54 Å². The van der Waals surface area contributed by atoms with Crippen LogP contribution in [0.4, 0.5) is 0 Å². The molecule has 0 saturated carbocycles. The van der Waals surface area contributed by atoms with Crippen molar-refractivity contribution in [3.8, 4) is 0 Å². The third-order valence-corrected chi connectivity index (χ3v) is 2.64. The van der Waals surface area contributed by atoms with E-state index in [4.69, 9.17) is 0 Å². The van der Waals surface area contributed by atoms with Crippen LogP contribution in [0.2, 0.25) is 0 Å². The second-order valence-electron chi connectivity index (χ2n) is 4.99. The first kappa shape index (κ1) is 13.0. The lowest BCUT2D eigenvalue weighted by atomic mass is 9.91. The normalized spacial score (nSPS) is 12.9. The maximum atomic E-state index is 2.59. The molecule has 1 nitrogen and oxygen atoms in total. The lowest BCUT2D eigenvalue weighted by molar-refractivity contribution is 0.105. The average molecular weight is 185 g/mol. The molecule has 0 saturated heterocycles. The second kappa shape index (κ2) is 5.64. The largest absolute Gasteiger partial charge is 0.298 e. The van der Waals surface area contributed by atoms with Crippen LogP contribution >= 0.6 is 0 Å². The van der Waals surface area contributed by atoms with Crippen LogP contribution in [-0.4, -0.2) is 23.5 Å². The standard InChI is InChI=1S/C12H27N/c1-7-9-13(8-2)12(5,6)10-11(3)4/h11H,7-10H2,1-6H3. The summed E-state index contributed by atoms with van der Waals surface area (Å²) in [5.74, 6) is 0.793. The van der Waals surface area contributed by atoms with E-state index in [9.17, 15) is 0 Å². The van der Waals surface area contributed by atoms with Gasteiger partial charge < -0.3 is 0 Å². The third-order valence-electron chi connectivity index (χ3n) is 2.64. The van der Waals surface area contributed by atoms with Crippen molar-refractivity contribution in [2.75, 3.05) is 13.1 Å². The molecule has 0 atom stereocenters. The molecule has 0 aromatic rings. The third kappa shape index (κ3) is 4.66. The van der Waals surface area contributed by atoms with Gasteiger partial charge in [-0.3, -0.25) is 4.90 Å². The predicted octanol–water partition coefficient (Wildman–Crippen LogP) is 3.54. The molecule has 0 N–H and O–H groups in total. The molecule has 0 spiro atoms. The van der Waals surface area contributed by atoms with E-state index in [1.165, 1.54) is 25.9 Å². The van der Waals surface area contributed by atoms with Gasteiger partial charge in [0.2, 0.25) is 0 Å². The van der Waals surface area contributed by atoms with Crippen molar-refractivity contribution < 1.29 is 0 Å². The van der Waals surface area contributed by atoms with Crippen molar-refractivity contribution in [3.05, 3.63) is 0 Å². The summed E-state index contributed by atoms with van der Waals surface area (Å²) in [6, 6.07) is 0. The van der Waals surface area contributed by atoms with Gasteiger partial charge in [-0.05, 0) is 45.7 Å². The van der Waals surface area contributed by atoms with E-state index in [1.54, 1.807) is 0 Å². The summed E-state index contributed by atoms with van der Waals surface area (Å²) in [5, 5.41) is 0. The molecular formula is C12H27N. The molecule has 0 radical (unpaired) electrons. The van der Waals surface area contributed by atoms with Gasteiger partial charge >= 0.3 is 0 Å². The summed E-state index contributed by atoms with van der Waals surface area (Å²) in [4.78, 5) is 2.59. The molecule has 0 aliphatic heterocycles. The van der Waals surface area contributed by atoms with Gasteiger partial charge in [-0.2, -0.15) is 0 Å². The Morgan fingerprint density at radius 3 is 2.00 bits per heavy atom. The number of hydrogen-bond donors (Lipinski definition) is 0. The summed E-state index contributed by atoms with van der Waals surface area (Å²) in [7, 11) is 0. The highest BCUT2D eigenvalue weighted by molar-refractivity contribution is 4.81. The van der Waals surface area contributed by atoms with Gasteiger partial charge in [-0.15, -0.1) is 0 Å². The zero-order valence-electron chi connectivity index (χ0n) is 10.4. The van der Waals surface area contributed by atoms with Gasteiger partial charge in [0.15, 0.2) is 0 Å². The summed E-state index contributed by atoms with van der Waals surface area (Å²) >= 11 is 0. The molecule has 0 fully saturated rings. The fraction of sp³-hybridized carbons (Fsp3) is 1.00. The summed E-state index contributed by atoms with van der Waals surface area (Å²) in [6.07, 6.45) is 2.55. The van der Waals surface area contributed by atoms with Gasteiger partial charge in [0.25, 0.3) is 0 Å². The molecule has 0 aliphatic carbocycles. The van der Waals surface area contributed by atoms with Crippen LogP contribution < -0.4 is 0 Å². The van der Waals surface area contributed by atoms with Crippen LogP contribution in [0.1, 0.15) is 54.4 Å². The van der Waals surface area contributed by atoms with E-state index in [1.807, 2.05) is 0 Å². The van der Waals surface area contributed by atoms with Crippen molar-refractivity contribution in [3.63, 3.8) is 0 Å². The minimum absolute atomic E-state index is 0.374. The number of hydrogen-bond acceptors (Lipinski definition) is 1. The molecule has 0 unspecified atom stereocenters. The Labute approximate surface area is 84.5 Å². The highest BCUT2D eigenvalue weighted by atomic mass is 15.2. The zero-order chi connectivity index (χ0) is 10.5. The molecule has 80 valence electrons. The predicted molar refractivity (Wildman–Crippen MR) is 61.1 cm³/mol. The Balaban J connectivity index is 4.19. The van der Waals surface area contributed by atoms with Gasteiger partial charge in [-0.25, -0.2) is 0 Å². The molecule has 1 heteroatoms. The maximum absolute atomic E-state index is 2.59. The van der Waals surface area contributed by atoms with Crippen LogP contribution in [0.5, 0.6) is 0 Å². The smallest absolute Gasteiger partial charge is 0.0155 e. The second-order valence-corrected chi connectivity index (χ2v) is 4.99. The minimum Gasteiger partial charge on any atom is -0.298 e. The SMILES string of the molecule is CCCN(CC)C(C)(C)CC(C)C. The van der Waals surface area contributed by atoms with E-state index < -0.39 is 0 Å². The Hall–Kier alpha value is -0.0400. The number of rotatable bonds is 6. The van der Waals surface area contributed by atoms with Crippen molar-refractivity contribution in [1.29, 1.82) is 0 Å². The molecule has 0 aromatic heterocycles. The molecule has 0 bridgehead atoms. The number of nitrogens with zero attached hydrogens (tertiary/aromatic N) is 1. The highest BCUT2D eigenvalue weighted by Crippen LogP contribution is 2.23. The molecule has 13 heavy (non-hydrogen) atoms. The lowest BCUT2D eigenvalue weighted by Crippen LogP contribution is -2.45. The fourth-order valence-electron chi connectivity index (χ4n) is 2.29. The van der Waals surface area contributed by atoms with Gasteiger partial charge in [-0.1, -0.05) is 27.7 Å². The monoisotopic (exact) mass is 185 g/mol. The molecule has 0 aliphatic rings. The molecule has 0 amide bonds. The van der Waals surface area contributed by atoms with Crippen LogP contribution in [0.25, 0.3) is 0 Å². The molecular weight excluding hydrogens is 158 g/mol. The summed E-state index contributed by atoms with van der Waals surface area (Å²) in [5.41, 5.74) is 0.374. The lowest BCUT2D eigenvalue weighted by Gasteiger charge is -2.39. The molecule has 0 aromatic carbocycles. The quantitative estimate of drug-likeness (QED) is 0.612. The fourth-order valence-corrected chi connectivity index (χ4v) is 2.29. The average Bonchev–Trinajstić information content (AvgIpc) is 1.97. The van der Waals surface area contributed by atoms with Crippen LogP contribution in [0.3, 0.4) is 0 Å². The first-order valence-electron chi connectivity index (χ1n) is 5.69. The van der Waals surface area contributed by atoms with E-state index in [-0.39, 0.29) is 0 Å². The van der Waals surface area contributed by atoms with Gasteiger partial charge in [0, 0.05) is 5.54 Å². The van der Waals surface area contributed by atoms with Gasteiger partial charge in [0.1, 0.15) is 0 Å². The van der Waals surface area contributed by atoms with E-state index >= 15 is 0 Å². The minimum atomic E-state index is 0.374. The Kier molecular flexibility index (Phi) is 5.62.